The molecule has 0 saturated carbocycles. The Morgan fingerprint density at radius 2 is 1.81 bits per heavy atom. The lowest BCUT2D eigenvalue weighted by Crippen LogP contribution is -1.83. The van der Waals surface area contributed by atoms with Crippen LogP contribution in [0.5, 0.6) is 0 Å². The number of nitrogen functional groups attached to an aromatic ring is 1. The summed E-state index contributed by atoms with van der Waals surface area (Å²) in [6.45, 7) is 0. The second-order valence-corrected chi connectivity index (χ2v) is 5.62. The van der Waals surface area contributed by atoms with Crippen molar-refractivity contribution in [3.63, 3.8) is 0 Å². The highest BCUT2D eigenvalue weighted by atomic mass is 32.2. The first-order valence-electron chi connectivity index (χ1n) is 6.48. The summed E-state index contributed by atoms with van der Waals surface area (Å²) >= 11 is 1.40. The Hall–Kier alpha value is -2.53. The minimum absolute atomic E-state index is 0.568. The van der Waals surface area contributed by atoms with Gasteiger partial charge < -0.3 is 10.2 Å². The number of rotatable bonds is 2. The van der Waals surface area contributed by atoms with E-state index in [-0.39, 0.29) is 0 Å². The number of hydrogen-bond donors (Lipinski definition) is 1. The molecule has 0 fully saturated rings. The molecule has 0 atom stereocenters. The number of oxazole rings is 1. The van der Waals surface area contributed by atoms with E-state index in [1.807, 2.05) is 42.5 Å². The van der Waals surface area contributed by atoms with Crippen molar-refractivity contribution in [2.75, 3.05) is 5.73 Å². The first-order valence-corrected chi connectivity index (χ1v) is 7.29. The van der Waals surface area contributed by atoms with E-state index >= 15 is 0 Å². The molecule has 0 aliphatic carbocycles. The number of anilines is 1. The van der Waals surface area contributed by atoms with Crippen LogP contribution < -0.4 is 5.73 Å². The molecule has 0 bridgehead atoms. The van der Waals surface area contributed by atoms with Crippen molar-refractivity contribution in [1.29, 1.82) is 0 Å². The third-order valence-electron chi connectivity index (χ3n) is 3.16. The van der Waals surface area contributed by atoms with Crippen molar-refractivity contribution in [3.8, 4) is 0 Å². The van der Waals surface area contributed by atoms with E-state index in [0.717, 1.165) is 27.0 Å². The predicted molar refractivity (Wildman–Crippen MR) is 84.3 cm³/mol. The SMILES string of the molecule is Nc1ccc2oc(Sc3ccc4ccccc4n3)nc2c1. The van der Waals surface area contributed by atoms with Gasteiger partial charge >= 0.3 is 0 Å². The smallest absolute Gasteiger partial charge is 0.263 e. The van der Waals surface area contributed by atoms with Crippen LogP contribution in [0.15, 0.2) is 69.3 Å². The van der Waals surface area contributed by atoms with Crippen molar-refractivity contribution in [3.05, 3.63) is 54.6 Å². The molecular weight excluding hydrogens is 282 g/mol. The van der Waals surface area contributed by atoms with E-state index in [4.69, 9.17) is 10.2 Å². The van der Waals surface area contributed by atoms with Crippen LogP contribution >= 0.6 is 11.8 Å². The summed E-state index contributed by atoms with van der Waals surface area (Å²) in [4.78, 5) is 9.02. The van der Waals surface area contributed by atoms with Crippen molar-refractivity contribution in [2.45, 2.75) is 10.2 Å². The third kappa shape index (κ3) is 2.32. The lowest BCUT2D eigenvalue weighted by atomic mass is 10.2. The van der Waals surface area contributed by atoms with Crippen LogP contribution in [0.25, 0.3) is 22.0 Å². The number of benzene rings is 2. The van der Waals surface area contributed by atoms with Crippen molar-refractivity contribution >= 4 is 39.5 Å². The molecule has 2 heterocycles. The summed E-state index contributed by atoms with van der Waals surface area (Å²) in [7, 11) is 0. The van der Waals surface area contributed by atoms with Gasteiger partial charge in [-0.3, -0.25) is 0 Å². The molecule has 2 N–H and O–H groups in total. The third-order valence-corrected chi connectivity index (χ3v) is 3.94. The molecule has 0 spiro atoms. The normalized spacial score (nSPS) is 11.2. The molecule has 4 aromatic rings. The number of fused-ring (bicyclic) bond motifs is 2. The lowest BCUT2D eigenvalue weighted by molar-refractivity contribution is 0.489. The van der Waals surface area contributed by atoms with Crippen molar-refractivity contribution < 1.29 is 4.42 Å². The standard InChI is InChI=1S/C16H11N3OS/c17-11-6-7-14-13(9-11)19-16(20-14)21-15-8-5-10-3-1-2-4-12(10)18-15/h1-9H,17H2. The van der Waals surface area contributed by atoms with Gasteiger partial charge in [0.05, 0.1) is 5.52 Å². The summed E-state index contributed by atoms with van der Waals surface area (Å²) in [6.07, 6.45) is 0. The Bertz CT molecular complexity index is 948. The van der Waals surface area contributed by atoms with Crippen LogP contribution in [0, 0.1) is 0 Å². The highest BCUT2D eigenvalue weighted by Gasteiger charge is 2.09. The fourth-order valence-electron chi connectivity index (χ4n) is 2.16. The molecular formula is C16H11N3OS. The number of nitrogens with two attached hydrogens (primary N) is 1. The first-order chi connectivity index (χ1) is 10.3. The molecule has 0 amide bonds. The van der Waals surface area contributed by atoms with Crippen LogP contribution in [0.2, 0.25) is 0 Å². The average molecular weight is 293 g/mol. The van der Waals surface area contributed by atoms with Gasteiger partial charge in [-0.2, -0.15) is 0 Å². The number of pyridine rings is 1. The molecule has 0 aliphatic rings. The van der Waals surface area contributed by atoms with E-state index in [9.17, 15) is 0 Å². The van der Waals surface area contributed by atoms with Gasteiger partial charge in [-0.25, -0.2) is 9.97 Å². The summed E-state index contributed by atoms with van der Waals surface area (Å²) < 4.78 is 5.70. The van der Waals surface area contributed by atoms with Crippen LogP contribution in [-0.2, 0) is 0 Å². The monoisotopic (exact) mass is 293 g/mol. The number of nitrogens with zero attached hydrogens (tertiary/aromatic N) is 2. The molecule has 21 heavy (non-hydrogen) atoms. The maximum absolute atomic E-state index is 5.75. The average Bonchev–Trinajstić information content (AvgIpc) is 2.88. The zero-order chi connectivity index (χ0) is 14.2. The molecule has 0 saturated heterocycles. The minimum Gasteiger partial charge on any atom is -0.431 e. The molecule has 4 rings (SSSR count). The van der Waals surface area contributed by atoms with Crippen LogP contribution in [0.3, 0.4) is 0 Å². The quantitative estimate of drug-likeness (QED) is 0.563. The summed E-state index contributed by atoms with van der Waals surface area (Å²) in [5, 5.41) is 2.54. The molecule has 0 unspecified atom stereocenters. The Kier molecular flexibility index (Phi) is 2.79. The van der Waals surface area contributed by atoms with E-state index in [0.29, 0.717) is 10.9 Å². The summed E-state index contributed by atoms with van der Waals surface area (Å²) in [5.74, 6) is 0. The number of para-hydroxylation sites is 1. The maximum atomic E-state index is 5.75. The Morgan fingerprint density at radius 1 is 0.905 bits per heavy atom. The van der Waals surface area contributed by atoms with Gasteiger partial charge in [0.2, 0.25) is 0 Å². The van der Waals surface area contributed by atoms with Crippen LogP contribution in [0.4, 0.5) is 5.69 Å². The second-order valence-electron chi connectivity index (χ2n) is 4.65. The Morgan fingerprint density at radius 3 is 2.76 bits per heavy atom. The van der Waals surface area contributed by atoms with Gasteiger partial charge in [-0.1, -0.05) is 24.3 Å². The molecule has 0 aliphatic heterocycles. The Balaban J connectivity index is 1.71. The molecule has 2 aromatic heterocycles. The highest BCUT2D eigenvalue weighted by molar-refractivity contribution is 7.99. The number of hydrogen-bond acceptors (Lipinski definition) is 5. The molecule has 5 heteroatoms. The molecule has 0 radical (unpaired) electrons. The van der Waals surface area contributed by atoms with Crippen LogP contribution in [0.1, 0.15) is 0 Å². The van der Waals surface area contributed by atoms with Gasteiger partial charge in [0, 0.05) is 11.1 Å². The highest BCUT2D eigenvalue weighted by Crippen LogP contribution is 2.30. The van der Waals surface area contributed by atoms with Gasteiger partial charge in [0.1, 0.15) is 10.5 Å². The van der Waals surface area contributed by atoms with E-state index in [1.54, 1.807) is 12.1 Å². The van der Waals surface area contributed by atoms with Crippen LogP contribution in [-0.4, -0.2) is 9.97 Å². The van der Waals surface area contributed by atoms with E-state index < -0.39 is 0 Å². The summed E-state index contributed by atoms with van der Waals surface area (Å²) in [5.41, 5.74) is 8.88. The van der Waals surface area contributed by atoms with Gasteiger partial charge in [-0.15, -0.1) is 0 Å². The second kappa shape index (κ2) is 4.79. The van der Waals surface area contributed by atoms with Crippen molar-refractivity contribution in [1.82, 2.24) is 9.97 Å². The topological polar surface area (TPSA) is 64.9 Å². The minimum atomic E-state index is 0.568. The molecule has 4 nitrogen and oxygen atoms in total. The van der Waals surface area contributed by atoms with E-state index in [2.05, 4.69) is 9.97 Å². The van der Waals surface area contributed by atoms with E-state index in [1.165, 1.54) is 11.8 Å². The zero-order valence-electron chi connectivity index (χ0n) is 11.0. The lowest BCUT2D eigenvalue weighted by Gasteiger charge is -1.99. The fraction of sp³-hybridized carbons (Fsp3) is 0. The van der Waals surface area contributed by atoms with Gasteiger partial charge in [0.15, 0.2) is 5.58 Å². The largest absolute Gasteiger partial charge is 0.431 e. The predicted octanol–water partition coefficient (Wildman–Crippen LogP) is 4.11. The first kappa shape index (κ1) is 12.2. The molecule has 102 valence electrons. The zero-order valence-corrected chi connectivity index (χ0v) is 11.8. The number of aromatic nitrogens is 2. The molecule has 2 aromatic carbocycles. The van der Waals surface area contributed by atoms with Gasteiger partial charge in [-0.05, 0) is 42.1 Å². The maximum Gasteiger partial charge on any atom is 0.263 e. The Labute approximate surface area is 125 Å². The van der Waals surface area contributed by atoms with Crippen molar-refractivity contribution in [2.24, 2.45) is 0 Å². The van der Waals surface area contributed by atoms with Gasteiger partial charge in [0.25, 0.3) is 5.22 Å². The summed E-state index contributed by atoms with van der Waals surface area (Å²) in [6, 6.07) is 17.5. The fourth-order valence-corrected chi connectivity index (χ4v) is 2.90.